The third kappa shape index (κ3) is 2.83. The molecule has 1 fully saturated rings. The summed E-state index contributed by atoms with van der Waals surface area (Å²) in [5.41, 5.74) is 1.12. The number of rotatable bonds is 3. The van der Waals surface area contributed by atoms with Gasteiger partial charge in [-0.05, 0) is 31.5 Å². The molecule has 1 atom stereocenters. The van der Waals surface area contributed by atoms with Gasteiger partial charge >= 0.3 is 0 Å². The van der Waals surface area contributed by atoms with Gasteiger partial charge in [0.1, 0.15) is 5.15 Å². The predicted octanol–water partition coefficient (Wildman–Crippen LogP) is 1.92. The molecule has 0 aliphatic carbocycles. The van der Waals surface area contributed by atoms with Crippen molar-refractivity contribution in [3.63, 3.8) is 0 Å². The second-order valence-electron chi connectivity index (χ2n) is 4.01. The van der Waals surface area contributed by atoms with Crippen LogP contribution in [0.15, 0.2) is 18.3 Å². The van der Waals surface area contributed by atoms with Crippen molar-refractivity contribution >= 4 is 17.3 Å². The second-order valence-corrected chi connectivity index (χ2v) is 4.40. The lowest BCUT2D eigenvalue weighted by molar-refractivity contribution is 0.599. The number of nitrogens with zero attached hydrogens (tertiary/aromatic N) is 2. The van der Waals surface area contributed by atoms with Crippen molar-refractivity contribution in [1.29, 1.82) is 0 Å². The molecule has 2 heterocycles. The molecule has 0 amide bonds. The highest BCUT2D eigenvalue weighted by Gasteiger charge is 2.15. The number of halogens is 1. The molecule has 0 bridgehead atoms. The molecule has 3 nitrogen and oxygen atoms in total. The lowest BCUT2D eigenvalue weighted by atomic mass is 10.2. The molecule has 82 valence electrons. The maximum Gasteiger partial charge on any atom is 0.129 e. The summed E-state index contributed by atoms with van der Waals surface area (Å²) in [6.07, 6.45) is 4.38. The van der Waals surface area contributed by atoms with Crippen molar-refractivity contribution < 1.29 is 0 Å². The maximum absolute atomic E-state index is 5.74. The minimum Gasteiger partial charge on any atom is -0.372 e. The molecule has 0 spiro atoms. The summed E-state index contributed by atoms with van der Waals surface area (Å²) in [4.78, 5) is 6.29. The molecule has 1 N–H and O–H groups in total. The van der Waals surface area contributed by atoms with Gasteiger partial charge in [-0.3, -0.25) is 0 Å². The van der Waals surface area contributed by atoms with Crippen LogP contribution in [0, 0.1) is 0 Å². The van der Waals surface area contributed by atoms with E-state index >= 15 is 0 Å². The molecule has 15 heavy (non-hydrogen) atoms. The minimum atomic E-state index is 0.547. The van der Waals surface area contributed by atoms with E-state index in [2.05, 4.69) is 22.2 Å². The molecule has 1 saturated heterocycles. The molecule has 1 aromatic rings. The summed E-state index contributed by atoms with van der Waals surface area (Å²) in [5.74, 6) is 0. The van der Waals surface area contributed by atoms with Crippen molar-refractivity contribution in [3.8, 4) is 0 Å². The van der Waals surface area contributed by atoms with Gasteiger partial charge in [0, 0.05) is 19.6 Å². The summed E-state index contributed by atoms with van der Waals surface area (Å²) in [6, 6.07) is 4.45. The SMILES string of the molecule is CN(C[C@@H]1CCCN1)c1ccc(Cl)nc1. The molecule has 1 aromatic heterocycles. The second kappa shape index (κ2) is 4.81. The highest BCUT2D eigenvalue weighted by atomic mass is 35.5. The smallest absolute Gasteiger partial charge is 0.129 e. The topological polar surface area (TPSA) is 28.2 Å². The predicted molar refractivity (Wildman–Crippen MR) is 63.5 cm³/mol. The van der Waals surface area contributed by atoms with Gasteiger partial charge in [0.15, 0.2) is 0 Å². The zero-order chi connectivity index (χ0) is 10.7. The third-order valence-electron chi connectivity index (χ3n) is 2.81. The van der Waals surface area contributed by atoms with E-state index in [1.54, 1.807) is 0 Å². The van der Waals surface area contributed by atoms with Crippen LogP contribution in [0.1, 0.15) is 12.8 Å². The van der Waals surface area contributed by atoms with Crippen molar-refractivity contribution in [2.45, 2.75) is 18.9 Å². The Labute approximate surface area is 95.4 Å². The van der Waals surface area contributed by atoms with Crippen LogP contribution in [0.3, 0.4) is 0 Å². The van der Waals surface area contributed by atoms with Crippen molar-refractivity contribution in [2.24, 2.45) is 0 Å². The van der Waals surface area contributed by atoms with Crippen molar-refractivity contribution in [3.05, 3.63) is 23.5 Å². The molecule has 0 aromatic carbocycles. The van der Waals surface area contributed by atoms with E-state index in [4.69, 9.17) is 11.6 Å². The summed E-state index contributed by atoms with van der Waals surface area (Å²) < 4.78 is 0. The van der Waals surface area contributed by atoms with Crippen LogP contribution in [0.25, 0.3) is 0 Å². The molecule has 1 aliphatic heterocycles. The molecule has 4 heteroatoms. The monoisotopic (exact) mass is 225 g/mol. The number of anilines is 1. The number of pyridine rings is 1. The van der Waals surface area contributed by atoms with Gasteiger partial charge in [-0.25, -0.2) is 4.98 Å². The Kier molecular flexibility index (Phi) is 3.44. The largest absolute Gasteiger partial charge is 0.372 e. The highest BCUT2D eigenvalue weighted by Crippen LogP contribution is 2.15. The zero-order valence-electron chi connectivity index (χ0n) is 8.91. The first-order valence-electron chi connectivity index (χ1n) is 5.32. The molecule has 0 saturated carbocycles. The average molecular weight is 226 g/mol. The van der Waals surface area contributed by atoms with Crippen LogP contribution in [0.5, 0.6) is 0 Å². The Morgan fingerprint density at radius 2 is 2.47 bits per heavy atom. The van der Waals surface area contributed by atoms with Gasteiger partial charge in [-0.1, -0.05) is 11.6 Å². The Morgan fingerprint density at radius 3 is 3.07 bits per heavy atom. The van der Waals surface area contributed by atoms with E-state index in [0.717, 1.165) is 18.8 Å². The number of likely N-dealkylation sites (N-methyl/N-ethyl adjacent to an activating group) is 1. The van der Waals surface area contributed by atoms with Gasteiger partial charge in [0.05, 0.1) is 11.9 Å². The first kappa shape index (κ1) is 10.7. The molecular formula is C11H16ClN3. The van der Waals surface area contributed by atoms with Crippen LogP contribution in [-0.4, -0.2) is 31.2 Å². The van der Waals surface area contributed by atoms with Gasteiger partial charge in [-0.2, -0.15) is 0 Å². The lowest BCUT2D eigenvalue weighted by Crippen LogP contribution is -2.35. The molecule has 1 aliphatic rings. The van der Waals surface area contributed by atoms with Crippen LogP contribution in [-0.2, 0) is 0 Å². The third-order valence-corrected chi connectivity index (χ3v) is 3.03. The first-order chi connectivity index (χ1) is 7.25. The van der Waals surface area contributed by atoms with Crippen LogP contribution in [0.2, 0.25) is 5.15 Å². The standard InChI is InChI=1S/C11H16ClN3/c1-15(8-9-3-2-6-13-9)10-4-5-11(12)14-7-10/h4-5,7,9,13H,2-3,6,8H2,1H3/t9-/m0/s1. The lowest BCUT2D eigenvalue weighted by Gasteiger charge is -2.22. The molecule has 0 radical (unpaired) electrons. The summed E-state index contributed by atoms with van der Waals surface area (Å²) in [6.45, 7) is 2.18. The molecule has 0 unspecified atom stereocenters. The first-order valence-corrected chi connectivity index (χ1v) is 5.69. The fraction of sp³-hybridized carbons (Fsp3) is 0.545. The van der Waals surface area contributed by atoms with Gasteiger partial charge in [0.25, 0.3) is 0 Å². The summed E-state index contributed by atoms with van der Waals surface area (Å²) >= 11 is 5.74. The Morgan fingerprint density at radius 1 is 1.60 bits per heavy atom. The van der Waals surface area contributed by atoms with E-state index in [1.165, 1.54) is 12.8 Å². The average Bonchev–Trinajstić information content (AvgIpc) is 2.71. The van der Waals surface area contributed by atoms with Crippen molar-refractivity contribution in [1.82, 2.24) is 10.3 Å². The number of aromatic nitrogens is 1. The Bertz CT molecular complexity index is 306. The number of hydrogen-bond donors (Lipinski definition) is 1. The van der Waals surface area contributed by atoms with E-state index in [9.17, 15) is 0 Å². The highest BCUT2D eigenvalue weighted by molar-refractivity contribution is 6.29. The summed E-state index contributed by atoms with van der Waals surface area (Å²) in [5, 5.41) is 4.03. The zero-order valence-corrected chi connectivity index (χ0v) is 9.67. The van der Waals surface area contributed by atoms with E-state index in [-0.39, 0.29) is 0 Å². The fourth-order valence-corrected chi connectivity index (χ4v) is 2.05. The minimum absolute atomic E-state index is 0.547. The molecular weight excluding hydrogens is 210 g/mol. The van der Waals surface area contributed by atoms with E-state index < -0.39 is 0 Å². The Balaban J connectivity index is 1.94. The maximum atomic E-state index is 5.74. The van der Waals surface area contributed by atoms with Crippen molar-refractivity contribution in [2.75, 3.05) is 25.0 Å². The number of nitrogens with one attached hydrogen (secondary N) is 1. The van der Waals surface area contributed by atoms with Gasteiger partial charge < -0.3 is 10.2 Å². The Hall–Kier alpha value is -0.800. The van der Waals surface area contributed by atoms with Crippen LogP contribution >= 0.6 is 11.6 Å². The van der Waals surface area contributed by atoms with Crippen LogP contribution < -0.4 is 10.2 Å². The fourth-order valence-electron chi connectivity index (χ4n) is 1.94. The van der Waals surface area contributed by atoms with Gasteiger partial charge in [0.2, 0.25) is 0 Å². The molecule has 2 rings (SSSR count). The normalized spacial score (nSPS) is 20.5. The summed E-state index contributed by atoms with van der Waals surface area (Å²) in [7, 11) is 2.09. The quantitative estimate of drug-likeness (QED) is 0.797. The van der Waals surface area contributed by atoms with Gasteiger partial charge in [-0.15, -0.1) is 0 Å². The van der Waals surface area contributed by atoms with E-state index in [1.807, 2.05) is 18.3 Å². The van der Waals surface area contributed by atoms with Crippen LogP contribution in [0.4, 0.5) is 5.69 Å². The van der Waals surface area contributed by atoms with E-state index in [0.29, 0.717) is 11.2 Å². The number of hydrogen-bond acceptors (Lipinski definition) is 3.